The predicted molar refractivity (Wildman–Crippen MR) is 100 cm³/mol. The van der Waals surface area contributed by atoms with Crippen molar-refractivity contribution in [3.05, 3.63) is 35.9 Å². The van der Waals surface area contributed by atoms with Crippen LogP contribution in [0, 0.1) is 0 Å². The van der Waals surface area contributed by atoms with Crippen LogP contribution in [0.5, 0.6) is 5.75 Å². The number of sulfonamides is 1. The maximum atomic E-state index is 13.4. The number of aromatic nitrogens is 3. The lowest BCUT2D eigenvalue weighted by Gasteiger charge is -2.25. The lowest BCUT2D eigenvalue weighted by Crippen LogP contribution is -2.33. The number of rotatable bonds is 4. The maximum absolute atomic E-state index is 13.4. The van der Waals surface area contributed by atoms with E-state index >= 15 is 0 Å². The van der Waals surface area contributed by atoms with Crippen molar-refractivity contribution >= 4 is 10.0 Å². The second-order valence-electron chi connectivity index (χ2n) is 7.10. The van der Waals surface area contributed by atoms with Crippen molar-refractivity contribution in [2.45, 2.75) is 36.7 Å². The Balaban J connectivity index is 1.71. The van der Waals surface area contributed by atoms with Crippen LogP contribution in [0.2, 0.25) is 0 Å². The second kappa shape index (κ2) is 7.21. The topological polar surface area (TPSA) is 80.6 Å². The van der Waals surface area contributed by atoms with Crippen LogP contribution >= 0.6 is 0 Å². The summed E-state index contributed by atoms with van der Waals surface area (Å²) in [4.78, 5) is 2.46. The van der Waals surface area contributed by atoms with E-state index in [1.807, 2.05) is 0 Å². The Morgan fingerprint density at radius 3 is 2.74 bits per heavy atom. The largest absolute Gasteiger partial charge is 0.495 e. The zero-order valence-electron chi connectivity index (χ0n) is 15.7. The Bertz CT molecular complexity index is 927. The number of hydrogen-bond donors (Lipinski definition) is 0. The van der Waals surface area contributed by atoms with E-state index in [0.29, 0.717) is 12.3 Å². The zero-order valence-corrected chi connectivity index (χ0v) is 16.5. The molecule has 146 valence electrons. The van der Waals surface area contributed by atoms with E-state index in [2.05, 4.69) is 26.7 Å². The molecule has 0 aliphatic carbocycles. The molecule has 0 amide bonds. The number of para-hydroxylation sites is 1. The van der Waals surface area contributed by atoms with Crippen LogP contribution in [0.15, 0.2) is 29.2 Å². The second-order valence-corrected chi connectivity index (χ2v) is 8.96. The highest BCUT2D eigenvalue weighted by atomic mass is 32.2. The minimum Gasteiger partial charge on any atom is -0.495 e. The third-order valence-corrected chi connectivity index (χ3v) is 7.38. The monoisotopic (exact) mass is 391 g/mol. The fourth-order valence-electron chi connectivity index (χ4n) is 3.94. The van der Waals surface area contributed by atoms with Gasteiger partial charge in [0.25, 0.3) is 0 Å². The first-order valence-electron chi connectivity index (χ1n) is 9.27. The normalized spacial score (nSPS) is 21.8. The number of ether oxygens (including phenoxy) is 1. The number of methoxy groups -OCH3 is 1. The smallest absolute Gasteiger partial charge is 0.247 e. The number of nitrogens with zero attached hydrogens (tertiary/aromatic N) is 5. The Morgan fingerprint density at radius 1 is 1.11 bits per heavy atom. The van der Waals surface area contributed by atoms with Gasteiger partial charge in [-0.25, -0.2) is 8.42 Å². The SMILES string of the molecule is COc1ccccc1S(=O)(=O)N1CCC[C@@H]1c1nnc2n1CCN(C)CC2. The lowest BCUT2D eigenvalue weighted by molar-refractivity contribution is 0.330. The van der Waals surface area contributed by atoms with E-state index in [1.165, 1.54) is 7.11 Å². The van der Waals surface area contributed by atoms with Gasteiger partial charge in [-0.2, -0.15) is 4.31 Å². The highest BCUT2D eigenvalue weighted by molar-refractivity contribution is 7.89. The Kier molecular flexibility index (Phi) is 4.92. The van der Waals surface area contributed by atoms with E-state index in [9.17, 15) is 8.42 Å². The maximum Gasteiger partial charge on any atom is 0.247 e. The van der Waals surface area contributed by atoms with E-state index in [4.69, 9.17) is 4.74 Å². The van der Waals surface area contributed by atoms with Crippen molar-refractivity contribution in [3.8, 4) is 5.75 Å². The van der Waals surface area contributed by atoms with Crippen LogP contribution in [-0.4, -0.2) is 66.2 Å². The summed E-state index contributed by atoms with van der Waals surface area (Å²) in [6.45, 7) is 3.11. The molecule has 2 aliphatic heterocycles. The molecule has 3 heterocycles. The first-order valence-corrected chi connectivity index (χ1v) is 10.7. The number of likely N-dealkylation sites (N-methyl/N-ethyl adjacent to an activating group) is 1. The fourth-order valence-corrected chi connectivity index (χ4v) is 5.75. The molecule has 2 aromatic rings. The Hall–Kier alpha value is -1.97. The van der Waals surface area contributed by atoms with Crippen LogP contribution in [0.4, 0.5) is 0 Å². The van der Waals surface area contributed by atoms with Crippen molar-refractivity contribution in [1.29, 1.82) is 0 Å². The van der Waals surface area contributed by atoms with Gasteiger partial charge in [-0.05, 0) is 32.0 Å². The molecule has 1 atom stereocenters. The molecule has 1 saturated heterocycles. The van der Waals surface area contributed by atoms with Gasteiger partial charge in [0.15, 0.2) is 5.82 Å². The Labute approximate surface area is 159 Å². The molecular weight excluding hydrogens is 366 g/mol. The summed E-state index contributed by atoms with van der Waals surface area (Å²) in [6.07, 6.45) is 2.39. The van der Waals surface area contributed by atoms with Crippen LogP contribution in [0.25, 0.3) is 0 Å². The average Bonchev–Trinajstić information content (AvgIpc) is 3.27. The number of benzene rings is 1. The molecule has 4 rings (SSSR count). The average molecular weight is 391 g/mol. The molecule has 0 saturated carbocycles. The van der Waals surface area contributed by atoms with Crippen molar-refractivity contribution in [1.82, 2.24) is 24.0 Å². The summed E-state index contributed by atoms with van der Waals surface area (Å²) >= 11 is 0. The molecular formula is C18H25N5O3S. The highest BCUT2D eigenvalue weighted by Gasteiger charge is 2.40. The molecule has 0 bridgehead atoms. The van der Waals surface area contributed by atoms with Crippen molar-refractivity contribution in [2.75, 3.05) is 33.8 Å². The molecule has 27 heavy (non-hydrogen) atoms. The van der Waals surface area contributed by atoms with Gasteiger partial charge >= 0.3 is 0 Å². The summed E-state index contributed by atoms with van der Waals surface area (Å²) in [7, 11) is -0.105. The molecule has 1 aromatic heterocycles. The highest BCUT2D eigenvalue weighted by Crippen LogP contribution is 2.38. The third-order valence-electron chi connectivity index (χ3n) is 5.44. The van der Waals surface area contributed by atoms with Crippen LogP contribution < -0.4 is 4.74 Å². The Morgan fingerprint density at radius 2 is 1.93 bits per heavy atom. The standard InChI is InChI=1S/C18H25N5O3S/c1-21-11-9-17-19-20-18(22(17)13-12-21)14-6-5-10-23(14)27(24,25)16-8-4-3-7-15(16)26-2/h3-4,7-8,14H,5-6,9-13H2,1-2H3/t14-/m1/s1. The molecule has 0 N–H and O–H groups in total. The summed E-state index contributed by atoms with van der Waals surface area (Å²) in [6, 6.07) is 6.48. The van der Waals surface area contributed by atoms with Crippen LogP contribution in [0.3, 0.4) is 0 Å². The third kappa shape index (κ3) is 3.24. The van der Waals surface area contributed by atoms with Gasteiger partial charge in [0.1, 0.15) is 16.5 Å². The molecule has 1 fully saturated rings. The quantitative estimate of drug-likeness (QED) is 0.782. The molecule has 8 nitrogen and oxygen atoms in total. The molecule has 1 aromatic carbocycles. The minimum atomic E-state index is -3.69. The van der Waals surface area contributed by atoms with Gasteiger partial charge in [-0.15, -0.1) is 10.2 Å². The summed E-state index contributed by atoms with van der Waals surface area (Å²) < 4.78 is 35.7. The molecule has 9 heteroatoms. The van der Waals surface area contributed by atoms with Gasteiger partial charge in [-0.3, -0.25) is 0 Å². The summed E-state index contributed by atoms with van der Waals surface area (Å²) in [5, 5.41) is 8.76. The van der Waals surface area contributed by atoms with Crippen LogP contribution in [-0.2, 0) is 23.0 Å². The first kappa shape index (κ1) is 18.4. The van der Waals surface area contributed by atoms with E-state index in [-0.39, 0.29) is 10.9 Å². The van der Waals surface area contributed by atoms with Crippen molar-refractivity contribution in [2.24, 2.45) is 0 Å². The summed E-state index contributed by atoms with van der Waals surface area (Å²) in [5.41, 5.74) is 0. The predicted octanol–water partition coefficient (Wildman–Crippen LogP) is 1.30. The van der Waals surface area contributed by atoms with Gasteiger partial charge in [0.2, 0.25) is 10.0 Å². The van der Waals surface area contributed by atoms with E-state index in [0.717, 1.165) is 50.5 Å². The van der Waals surface area contributed by atoms with Gasteiger partial charge in [0.05, 0.1) is 13.2 Å². The molecule has 2 aliphatic rings. The van der Waals surface area contributed by atoms with Crippen molar-refractivity contribution in [3.63, 3.8) is 0 Å². The summed E-state index contributed by atoms with van der Waals surface area (Å²) in [5.74, 6) is 2.07. The van der Waals surface area contributed by atoms with Gasteiger partial charge in [0, 0.05) is 32.6 Å². The molecule has 0 unspecified atom stereocenters. The van der Waals surface area contributed by atoms with Gasteiger partial charge in [-0.1, -0.05) is 12.1 Å². The lowest BCUT2D eigenvalue weighted by atomic mass is 10.2. The zero-order chi connectivity index (χ0) is 19.0. The molecule has 0 spiro atoms. The molecule has 0 radical (unpaired) electrons. The number of fused-ring (bicyclic) bond motifs is 1. The first-order chi connectivity index (χ1) is 13.0. The van der Waals surface area contributed by atoms with Gasteiger partial charge < -0.3 is 14.2 Å². The van der Waals surface area contributed by atoms with E-state index in [1.54, 1.807) is 28.6 Å². The van der Waals surface area contributed by atoms with E-state index < -0.39 is 10.0 Å². The van der Waals surface area contributed by atoms with Crippen molar-refractivity contribution < 1.29 is 13.2 Å². The minimum absolute atomic E-state index is 0.203. The van der Waals surface area contributed by atoms with Crippen LogP contribution in [0.1, 0.15) is 30.5 Å². The number of hydrogen-bond acceptors (Lipinski definition) is 6. The fraction of sp³-hybridized carbons (Fsp3) is 0.556.